The molecule has 1 fully saturated rings. The van der Waals surface area contributed by atoms with Gasteiger partial charge in [-0.2, -0.15) is 0 Å². The number of fused-ring (bicyclic) bond motifs is 1. The van der Waals surface area contributed by atoms with Crippen molar-refractivity contribution in [2.75, 3.05) is 13.6 Å². The molecule has 2 aliphatic rings. The number of aliphatic hydroxyl groups excluding tert-OH is 1. The molecule has 0 bridgehead atoms. The van der Waals surface area contributed by atoms with E-state index < -0.39 is 35.7 Å². The molecule has 27 heavy (non-hydrogen) atoms. The Balaban J connectivity index is 2.06. The number of ether oxygens (including phenoxy) is 2. The number of rotatable bonds is 3. The van der Waals surface area contributed by atoms with Crippen molar-refractivity contribution < 1.29 is 40.9 Å². The van der Waals surface area contributed by atoms with E-state index in [4.69, 9.17) is 0 Å². The Morgan fingerprint density at radius 2 is 1.67 bits per heavy atom. The lowest BCUT2D eigenvalue weighted by Crippen LogP contribution is -2.33. The maximum Gasteiger partial charge on any atom is 0.573 e. The first-order chi connectivity index (χ1) is 12.4. The third-order valence-corrected chi connectivity index (χ3v) is 4.94. The molecule has 1 aliphatic heterocycles. The summed E-state index contributed by atoms with van der Waals surface area (Å²) < 4.78 is 83.1. The number of halogens is 6. The molecule has 3 rings (SSSR count). The predicted molar refractivity (Wildman–Crippen MR) is 82.1 cm³/mol. The Morgan fingerprint density at radius 3 is 2.30 bits per heavy atom. The normalized spacial score (nSPS) is 25.9. The number of hydrogen-bond acceptors (Lipinski definition) is 4. The van der Waals surface area contributed by atoms with Crippen LogP contribution in [0.15, 0.2) is 30.0 Å². The maximum atomic E-state index is 12.7. The van der Waals surface area contributed by atoms with Crippen LogP contribution in [0.5, 0.6) is 11.5 Å². The van der Waals surface area contributed by atoms with Crippen LogP contribution in [0.3, 0.4) is 0 Å². The average molecular weight is 397 g/mol. The van der Waals surface area contributed by atoms with Gasteiger partial charge in [-0.05, 0) is 43.0 Å². The van der Waals surface area contributed by atoms with Crippen LogP contribution in [0.25, 0.3) is 0 Å². The van der Waals surface area contributed by atoms with Gasteiger partial charge >= 0.3 is 12.7 Å². The number of likely N-dealkylation sites (tertiary alicyclic amines) is 1. The van der Waals surface area contributed by atoms with Gasteiger partial charge in [0.15, 0.2) is 11.5 Å². The van der Waals surface area contributed by atoms with E-state index in [1.165, 1.54) is 6.07 Å². The first-order valence-corrected chi connectivity index (χ1v) is 8.17. The molecule has 0 unspecified atom stereocenters. The van der Waals surface area contributed by atoms with Crippen molar-refractivity contribution in [3.63, 3.8) is 0 Å². The van der Waals surface area contributed by atoms with Crippen LogP contribution < -0.4 is 9.47 Å². The van der Waals surface area contributed by atoms with Crippen LogP contribution >= 0.6 is 0 Å². The van der Waals surface area contributed by atoms with Crippen LogP contribution in [0.2, 0.25) is 0 Å². The lowest BCUT2D eigenvalue weighted by Gasteiger charge is -2.37. The standard InChI is InChI=1S/C17H17F6NO3/c1-24-7-6-15(5-4-11(25)9-14(15)24)10-2-3-12(26-16(18,19)20)13(8-10)27-17(21,22)23/h2-3,8-9,11,25H,4-7H2,1H3/t11-,15-/m0/s1. The maximum absolute atomic E-state index is 12.7. The average Bonchev–Trinajstić information content (AvgIpc) is 2.84. The van der Waals surface area contributed by atoms with E-state index in [2.05, 4.69) is 9.47 Å². The summed E-state index contributed by atoms with van der Waals surface area (Å²) in [6, 6.07) is 3.09. The zero-order valence-corrected chi connectivity index (χ0v) is 14.2. The number of aliphatic hydroxyl groups is 1. The Hall–Kier alpha value is -2.10. The second-order valence-electron chi connectivity index (χ2n) is 6.67. The summed E-state index contributed by atoms with van der Waals surface area (Å²) in [7, 11) is 1.79. The molecule has 1 saturated heterocycles. The number of allylic oxidation sites excluding steroid dienone is 1. The second-order valence-corrected chi connectivity index (χ2v) is 6.67. The van der Waals surface area contributed by atoms with Gasteiger partial charge in [-0.15, -0.1) is 26.3 Å². The van der Waals surface area contributed by atoms with E-state index in [0.29, 0.717) is 31.4 Å². The molecule has 4 nitrogen and oxygen atoms in total. The topological polar surface area (TPSA) is 41.9 Å². The summed E-state index contributed by atoms with van der Waals surface area (Å²) >= 11 is 0. The van der Waals surface area contributed by atoms with Crippen molar-refractivity contribution in [1.29, 1.82) is 0 Å². The number of nitrogens with zero attached hydrogens (tertiary/aromatic N) is 1. The van der Waals surface area contributed by atoms with Crippen molar-refractivity contribution in [1.82, 2.24) is 4.90 Å². The van der Waals surface area contributed by atoms with Gasteiger partial charge in [0.1, 0.15) is 0 Å². The zero-order chi connectivity index (χ0) is 20.0. The molecule has 0 saturated carbocycles. The largest absolute Gasteiger partial charge is 0.573 e. The van der Waals surface area contributed by atoms with Crippen molar-refractivity contribution in [2.45, 2.75) is 43.5 Å². The van der Waals surface area contributed by atoms with Gasteiger partial charge in [0, 0.05) is 24.7 Å². The molecule has 1 aromatic carbocycles. The molecule has 150 valence electrons. The fourth-order valence-corrected chi connectivity index (χ4v) is 3.83. The molecule has 0 radical (unpaired) electrons. The van der Waals surface area contributed by atoms with Crippen LogP contribution in [0.1, 0.15) is 24.8 Å². The molecule has 0 amide bonds. The van der Waals surface area contributed by atoms with Crippen molar-refractivity contribution in [3.8, 4) is 11.5 Å². The smallest absolute Gasteiger partial charge is 0.402 e. The van der Waals surface area contributed by atoms with Crippen LogP contribution in [0, 0.1) is 0 Å². The lowest BCUT2D eigenvalue weighted by molar-refractivity contribution is -0.287. The van der Waals surface area contributed by atoms with Crippen LogP contribution in [-0.4, -0.2) is 42.4 Å². The van der Waals surface area contributed by atoms with E-state index in [1.54, 1.807) is 13.1 Å². The van der Waals surface area contributed by atoms with Crippen molar-refractivity contribution in [2.24, 2.45) is 0 Å². The highest BCUT2D eigenvalue weighted by atomic mass is 19.4. The van der Waals surface area contributed by atoms with Gasteiger partial charge < -0.3 is 19.5 Å². The van der Waals surface area contributed by atoms with E-state index in [1.807, 2.05) is 4.90 Å². The summed E-state index contributed by atoms with van der Waals surface area (Å²) in [5, 5.41) is 9.89. The first kappa shape index (κ1) is 19.7. The predicted octanol–water partition coefficient (Wildman–Crippen LogP) is 4.10. The minimum atomic E-state index is -5.17. The quantitative estimate of drug-likeness (QED) is 0.780. The molecular weight excluding hydrogens is 380 g/mol. The molecule has 1 N–H and O–H groups in total. The SMILES string of the molecule is CN1CC[C@]2(c3ccc(OC(F)(F)F)c(OC(F)(F)F)c3)CC[C@H](O)C=C12. The van der Waals surface area contributed by atoms with Gasteiger partial charge in [-0.25, -0.2) is 0 Å². The van der Waals surface area contributed by atoms with E-state index in [-0.39, 0.29) is 0 Å². The molecule has 10 heteroatoms. The number of benzene rings is 1. The zero-order valence-electron chi connectivity index (χ0n) is 14.2. The molecule has 1 aliphatic carbocycles. The van der Waals surface area contributed by atoms with Crippen molar-refractivity contribution in [3.05, 3.63) is 35.5 Å². The van der Waals surface area contributed by atoms with E-state index >= 15 is 0 Å². The Morgan fingerprint density at radius 1 is 1.04 bits per heavy atom. The van der Waals surface area contributed by atoms with Crippen molar-refractivity contribution >= 4 is 0 Å². The Bertz CT molecular complexity index is 745. The molecule has 0 aromatic heterocycles. The van der Waals surface area contributed by atoms with Gasteiger partial charge in [0.25, 0.3) is 0 Å². The highest BCUT2D eigenvalue weighted by molar-refractivity contribution is 5.49. The summed E-state index contributed by atoms with van der Waals surface area (Å²) in [5.74, 6) is -2.11. The number of alkyl halides is 6. The second kappa shape index (κ2) is 6.50. The highest BCUT2D eigenvalue weighted by Gasteiger charge is 2.46. The minimum Gasteiger partial charge on any atom is -0.402 e. The van der Waals surface area contributed by atoms with E-state index in [9.17, 15) is 31.4 Å². The molecule has 0 spiro atoms. The summed E-state index contributed by atoms with van der Waals surface area (Å²) in [5.41, 5.74) is 0.441. The Kier molecular flexibility index (Phi) is 4.73. The Labute approximate surface area is 151 Å². The minimum absolute atomic E-state index is 0.388. The fourth-order valence-electron chi connectivity index (χ4n) is 3.83. The van der Waals surface area contributed by atoms with Gasteiger partial charge in [-0.3, -0.25) is 0 Å². The molecule has 1 heterocycles. The summed E-state index contributed by atoms with van der Waals surface area (Å²) in [6.45, 7) is 0.606. The third kappa shape index (κ3) is 4.10. The monoisotopic (exact) mass is 397 g/mol. The summed E-state index contributed by atoms with van der Waals surface area (Å²) in [4.78, 5) is 1.88. The lowest BCUT2D eigenvalue weighted by atomic mass is 9.70. The van der Waals surface area contributed by atoms with Gasteiger partial charge in [0.05, 0.1) is 6.10 Å². The number of hydrogen-bond donors (Lipinski definition) is 1. The first-order valence-electron chi connectivity index (χ1n) is 8.17. The molecule has 1 aromatic rings. The summed E-state index contributed by atoms with van der Waals surface area (Å²) in [6.07, 6.45) is -7.95. The highest BCUT2D eigenvalue weighted by Crippen LogP contribution is 2.50. The van der Waals surface area contributed by atoms with E-state index in [0.717, 1.165) is 17.8 Å². The third-order valence-electron chi connectivity index (χ3n) is 4.94. The van der Waals surface area contributed by atoms with Crippen LogP contribution in [-0.2, 0) is 5.41 Å². The molecular formula is C17H17F6NO3. The fraction of sp³-hybridized carbons (Fsp3) is 0.529. The number of likely N-dealkylation sites (N-methyl/N-ethyl adjacent to an activating group) is 1. The van der Waals surface area contributed by atoms with Gasteiger partial charge in [-0.1, -0.05) is 6.07 Å². The van der Waals surface area contributed by atoms with Gasteiger partial charge in [0.2, 0.25) is 0 Å². The van der Waals surface area contributed by atoms with Crippen LogP contribution in [0.4, 0.5) is 26.3 Å². The molecule has 2 atom stereocenters.